The largest absolute Gasteiger partial charge is 0.438 e. The van der Waals surface area contributed by atoms with Gasteiger partial charge in [0.2, 0.25) is 5.88 Å². The highest BCUT2D eigenvalue weighted by atomic mass is 19.4. The van der Waals surface area contributed by atoms with Crippen LogP contribution in [0, 0.1) is 6.92 Å². The van der Waals surface area contributed by atoms with Gasteiger partial charge in [-0.3, -0.25) is 0 Å². The van der Waals surface area contributed by atoms with Gasteiger partial charge < -0.3 is 4.74 Å². The van der Waals surface area contributed by atoms with Crippen LogP contribution in [-0.4, -0.2) is 15.0 Å². The average molecular weight is 331 g/mol. The first kappa shape index (κ1) is 15.9. The maximum atomic E-state index is 13.0. The van der Waals surface area contributed by atoms with E-state index in [1.54, 1.807) is 24.4 Å². The maximum Gasteiger partial charge on any atom is 0.419 e. The summed E-state index contributed by atoms with van der Waals surface area (Å²) in [4.78, 5) is 12.5. The SMILES string of the molecule is Cc1ccnc(-c2cccc(Oc3ccccc3C(F)(F)F)n2)n1. The summed E-state index contributed by atoms with van der Waals surface area (Å²) in [6, 6.07) is 11.5. The summed E-state index contributed by atoms with van der Waals surface area (Å²) in [5.41, 5.74) is 0.320. The van der Waals surface area contributed by atoms with Gasteiger partial charge in [0.05, 0.1) is 5.56 Å². The number of pyridine rings is 1. The molecule has 0 aliphatic rings. The van der Waals surface area contributed by atoms with Crippen molar-refractivity contribution in [2.45, 2.75) is 13.1 Å². The lowest BCUT2D eigenvalue weighted by atomic mass is 10.2. The van der Waals surface area contributed by atoms with Crippen LogP contribution in [0.15, 0.2) is 54.7 Å². The van der Waals surface area contributed by atoms with Crippen molar-refractivity contribution in [3.05, 3.63) is 66.0 Å². The first-order valence-corrected chi connectivity index (χ1v) is 7.04. The van der Waals surface area contributed by atoms with E-state index in [-0.39, 0.29) is 11.6 Å². The van der Waals surface area contributed by atoms with Crippen molar-refractivity contribution in [1.29, 1.82) is 0 Å². The Morgan fingerprint density at radius 2 is 1.71 bits per heavy atom. The molecule has 24 heavy (non-hydrogen) atoms. The quantitative estimate of drug-likeness (QED) is 0.700. The molecule has 0 fully saturated rings. The zero-order valence-corrected chi connectivity index (χ0v) is 12.6. The summed E-state index contributed by atoms with van der Waals surface area (Å²) in [5, 5.41) is 0. The first-order chi connectivity index (χ1) is 11.4. The summed E-state index contributed by atoms with van der Waals surface area (Å²) in [6.07, 6.45) is -2.92. The second-order valence-electron chi connectivity index (χ2n) is 4.98. The Morgan fingerprint density at radius 1 is 0.917 bits per heavy atom. The molecule has 0 spiro atoms. The number of rotatable bonds is 3. The van der Waals surface area contributed by atoms with Gasteiger partial charge in [-0.05, 0) is 31.2 Å². The second-order valence-corrected chi connectivity index (χ2v) is 4.98. The molecule has 0 radical (unpaired) electrons. The summed E-state index contributed by atoms with van der Waals surface area (Å²) in [7, 11) is 0. The Labute approximate surface area is 136 Å². The van der Waals surface area contributed by atoms with Crippen LogP contribution in [0.3, 0.4) is 0 Å². The molecule has 122 valence electrons. The molecule has 3 aromatic rings. The van der Waals surface area contributed by atoms with Crippen molar-refractivity contribution < 1.29 is 17.9 Å². The Hall–Kier alpha value is -2.96. The Kier molecular flexibility index (Phi) is 4.16. The first-order valence-electron chi connectivity index (χ1n) is 7.04. The van der Waals surface area contributed by atoms with Crippen molar-refractivity contribution in [2.24, 2.45) is 0 Å². The fourth-order valence-corrected chi connectivity index (χ4v) is 2.07. The van der Waals surface area contributed by atoms with Crippen LogP contribution in [0.1, 0.15) is 11.3 Å². The molecule has 1 aromatic carbocycles. The molecular weight excluding hydrogens is 319 g/mol. The number of alkyl halides is 3. The van der Waals surface area contributed by atoms with Gasteiger partial charge in [0.1, 0.15) is 11.4 Å². The fourth-order valence-electron chi connectivity index (χ4n) is 2.07. The lowest BCUT2D eigenvalue weighted by Crippen LogP contribution is -2.07. The van der Waals surface area contributed by atoms with E-state index < -0.39 is 11.7 Å². The third-order valence-electron chi connectivity index (χ3n) is 3.15. The van der Waals surface area contributed by atoms with Gasteiger partial charge in [-0.15, -0.1) is 0 Å². The minimum Gasteiger partial charge on any atom is -0.438 e. The van der Waals surface area contributed by atoms with Gasteiger partial charge in [0.15, 0.2) is 5.82 Å². The third-order valence-corrected chi connectivity index (χ3v) is 3.15. The van der Waals surface area contributed by atoms with Crippen LogP contribution < -0.4 is 4.74 Å². The second kappa shape index (κ2) is 6.27. The molecule has 3 rings (SSSR count). The van der Waals surface area contributed by atoms with Crippen LogP contribution in [-0.2, 0) is 6.18 Å². The lowest BCUT2D eigenvalue weighted by molar-refractivity contribution is -0.138. The Morgan fingerprint density at radius 3 is 2.46 bits per heavy atom. The standard InChI is InChI=1S/C17H12F3N3O/c1-11-9-10-21-16(22-11)13-6-4-8-15(23-13)24-14-7-3-2-5-12(14)17(18,19)20/h2-10H,1H3. The van der Waals surface area contributed by atoms with E-state index in [1.165, 1.54) is 24.3 Å². The number of halogens is 3. The van der Waals surface area contributed by atoms with E-state index in [2.05, 4.69) is 15.0 Å². The van der Waals surface area contributed by atoms with E-state index in [9.17, 15) is 13.2 Å². The number of ether oxygens (including phenoxy) is 1. The third kappa shape index (κ3) is 3.51. The smallest absolute Gasteiger partial charge is 0.419 e. The van der Waals surface area contributed by atoms with Crippen LogP contribution in [0.4, 0.5) is 13.2 Å². The summed E-state index contributed by atoms with van der Waals surface area (Å²) < 4.78 is 44.4. The van der Waals surface area contributed by atoms with Gasteiger partial charge in [0.25, 0.3) is 0 Å². The minimum absolute atomic E-state index is 0.0364. The van der Waals surface area contributed by atoms with Gasteiger partial charge in [-0.2, -0.15) is 13.2 Å². The number of aromatic nitrogens is 3. The Balaban J connectivity index is 1.94. The molecular formula is C17H12F3N3O. The van der Waals surface area contributed by atoms with Crippen LogP contribution in [0.2, 0.25) is 0 Å². The van der Waals surface area contributed by atoms with Gasteiger partial charge >= 0.3 is 6.18 Å². The van der Waals surface area contributed by atoms with E-state index in [4.69, 9.17) is 4.74 Å². The molecule has 0 N–H and O–H groups in total. The predicted octanol–water partition coefficient (Wildman–Crippen LogP) is 4.66. The lowest BCUT2D eigenvalue weighted by Gasteiger charge is -2.13. The Bertz CT molecular complexity index is 865. The van der Waals surface area contributed by atoms with Gasteiger partial charge in [-0.25, -0.2) is 15.0 Å². The fraction of sp³-hybridized carbons (Fsp3) is 0.118. The van der Waals surface area contributed by atoms with E-state index in [1.807, 2.05) is 6.92 Å². The van der Waals surface area contributed by atoms with Crippen LogP contribution in [0.25, 0.3) is 11.5 Å². The number of hydrogen-bond acceptors (Lipinski definition) is 4. The minimum atomic E-state index is -4.51. The highest BCUT2D eigenvalue weighted by molar-refractivity contribution is 5.50. The number of aryl methyl sites for hydroxylation is 1. The van der Waals surface area contributed by atoms with Crippen molar-refractivity contribution in [3.63, 3.8) is 0 Å². The highest BCUT2D eigenvalue weighted by Gasteiger charge is 2.34. The monoisotopic (exact) mass is 331 g/mol. The van der Waals surface area contributed by atoms with Crippen molar-refractivity contribution in [2.75, 3.05) is 0 Å². The number of nitrogens with zero attached hydrogens (tertiary/aromatic N) is 3. The molecule has 2 heterocycles. The van der Waals surface area contributed by atoms with Crippen molar-refractivity contribution in [1.82, 2.24) is 15.0 Å². The van der Waals surface area contributed by atoms with E-state index in [0.717, 1.165) is 11.8 Å². The van der Waals surface area contributed by atoms with Crippen molar-refractivity contribution >= 4 is 0 Å². The van der Waals surface area contributed by atoms with Crippen LogP contribution >= 0.6 is 0 Å². The molecule has 0 aliphatic carbocycles. The average Bonchev–Trinajstić information content (AvgIpc) is 2.55. The van der Waals surface area contributed by atoms with E-state index >= 15 is 0 Å². The molecule has 7 heteroatoms. The number of benzene rings is 1. The zero-order chi connectivity index (χ0) is 17.2. The van der Waals surface area contributed by atoms with Gasteiger partial charge in [-0.1, -0.05) is 18.2 Å². The zero-order valence-electron chi connectivity index (χ0n) is 12.6. The molecule has 0 saturated carbocycles. The molecule has 0 saturated heterocycles. The molecule has 0 atom stereocenters. The molecule has 2 aromatic heterocycles. The maximum absolute atomic E-state index is 13.0. The van der Waals surface area contributed by atoms with E-state index in [0.29, 0.717) is 11.5 Å². The topological polar surface area (TPSA) is 47.9 Å². The number of hydrogen-bond donors (Lipinski definition) is 0. The summed E-state index contributed by atoms with van der Waals surface area (Å²) in [6.45, 7) is 1.81. The molecule has 0 bridgehead atoms. The number of para-hydroxylation sites is 1. The predicted molar refractivity (Wildman–Crippen MR) is 81.5 cm³/mol. The summed E-state index contributed by atoms with van der Waals surface area (Å²) in [5.74, 6) is 0.110. The molecule has 0 amide bonds. The van der Waals surface area contributed by atoms with Gasteiger partial charge in [0, 0.05) is 18.0 Å². The molecule has 0 aliphatic heterocycles. The van der Waals surface area contributed by atoms with Crippen molar-refractivity contribution in [3.8, 4) is 23.1 Å². The molecule has 0 unspecified atom stereocenters. The highest BCUT2D eigenvalue weighted by Crippen LogP contribution is 2.37. The summed E-state index contributed by atoms with van der Waals surface area (Å²) >= 11 is 0. The normalized spacial score (nSPS) is 11.3. The molecule has 4 nitrogen and oxygen atoms in total. The van der Waals surface area contributed by atoms with Crippen LogP contribution in [0.5, 0.6) is 11.6 Å².